The second-order valence-corrected chi connectivity index (χ2v) is 11.2. The molecule has 0 unspecified atom stereocenters. The maximum atomic E-state index is 2.42. The predicted octanol–water partition coefficient (Wildman–Crippen LogP) is 10.2. The molecule has 1 aliphatic rings. The minimum atomic E-state index is 1.09. The molecule has 0 saturated heterocycles. The second-order valence-electron chi connectivity index (χ2n) is 10.1. The summed E-state index contributed by atoms with van der Waals surface area (Å²) in [5.41, 5.74) is 5.29. The normalized spacial score (nSPS) is 13.1. The lowest BCUT2D eigenvalue weighted by atomic mass is 9.94. The number of hydrogen-bond acceptors (Lipinski definition) is 1. The lowest BCUT2D eigenvalue weighted by molar-refractivity contribution is 0.967. The van der Waals surface area contributed by atoms with E-state index in [1.807, 2.05) is 11.8 Å². The van der Waals surface area contributed by atoms with Crippen molar-refractivity contribution < 1.29 is 0 Å². The van der Waals surface area contributed by atoms with Gasteiger partial charge in [0.15, 0.2) is 0 Å². The van der Waals surface area contributed by atoms with Crippen LogP contribution in [0.5, 0.6) is 0 Å². The highest BCUT2D eigenvalue weighted by molar-refractivity contribution is 7.99. The van der Waals surface area contributed by atoms with Gasteiger partial charge in [-0.3, -0.25) is 0 Å². The van der Waals surface area contributed by atoms with E-state index in [-0.39, 0.29) is 0 Å². The van der Waals surface area contributed by atoms with Crippen LogP contribution in [0.25, 0.3) is 55.0 Å². The van der Waals surface area contributed by atoms with E-state index in [2.05, 4.69) is 132 Å². The summed E-state index contributed by atoms with van der Waals surface area (Å²) in [7, 11) is 0. The van der Waals surface area contributed by atoms with Gasteiger partial charge in [-0.05, 0) is 99.3 Å². The average molecular weight is 504 g/mol. The maximum Gasteiger partial charge on any atom is 0.0538 e. The van der Waals surface area contributed by atoms with Gasteiger partial charge in [-0.15, -0.1) is 0 Å². The number of allylic oxidation sites excluding steroid dienone is 1. The highest BCUT2D eigenvalue weighted by Gasteiger charge is 2.19. The van der Waals surface area contributed by atoms with Crippen molar-refractivity contribution in [3.8, 4) is 5.69 Å². The molecule has 1 aliphatic carbocycles. The third-order valence-electron chi connectivity index (χ3n) is 7.89. The van der Waals surface area contributed by atoms with E-state index in [1.54, 1.807) is 0 Å². The van der Waals surface area contributed by atoms with Crippen LogP contribution in [0.4, 0.5) is 0 Å². The molecule has 7 aromatic rings. The van der Waals surface area contributed by atoms with E-state index in [4.69, 9.17) is 0 Å². The molecule has 0 amide bonds. The summed E-state index contributed by atoms with van der Waals surface area (Å²) in [4.78, 5) is 2.55. The van der Waals surface area contributed by atoms with Crippen LogP contribution in [-0.4, -0.2) is 4.57 Å². The quantitative estimate of drug-likeness (QED) is 0.217. The van der Waals surface area contributed by atoms with Crippen molar-refractivity contribution in [2.24, 2.45) is 0 Å². The number of hydrogen-bond donors (Lipinski definition) is 0. The molecule has 0 fully saturated rings. The van der Waals surface area contributed by atoms with Gasteiger partial charge in [-0.25, -0.2) is 0 Å². The van der Waals surface area contributed by atoms with Crippen LogP contribution in [0.1, 0.15) is 17.7 Å². The Morgan fingerprint density at radius 2 is 1.11 bits per heavy atom. The fraction of sp³-hybridized carbons (Fsp3) is 0.0556. The van der Waals surface area contributed by atoms with Crippen LogP contribution in [0, 0.1) is 0 Å². The second kappa shape index (κ2) is 8.65. The Morgan fingerprint density at radius 3 is 1.82 bits per heavy atom. The molecule has 1 heterocycles. The molecule has 180 valence electrons. The minimum Gasteiger partial charge on any atom is -0.310 e. The van der Waals surface area contributed by atoms with Gasteiger partial charge >= 0.3 is 0 Å². The molecular formula is C36H25NS. The summed E-state index contributed by atoms with van der Waals surface area (Å²) in [6, 6.07) is 42.3. The van der Waals surface area contributed by atoms with Crippen molar-refractivity contribution in [3.05, 3.63) is 133 Å². The summed E-state index contributed by atoms with van der Waals surface area (Å²) >= 11 is 1.86. The first-order chi connectivity index (χ1) is 18.8. The molecule has 8 rings (SSSR count). The fourth-order valence-corrected chi connectivity index (χ4v) is 7.12. The molecule has 0 N–H and O–H groups in total. The van der Waals surface area contributed by atoms with E-state index >= 15 is 0 Å². The number of para-hydroxylation sites is 1. The Hall–Kier alpha value is -4.27. The summed E-state index contributed by atoms with van der Waals surface area (Å²) in [6.45, 7) is 0. The van der Waals surface area contributed by atoms with Gasteiger partial charge in [-0.1, -0.05) is 90.6 Å². The average Bonchev–Trinajstić information content (AvgIpc) is 3.31. The highest BCUT2D eigenvalue weighted by atomic mass is 32.2. The molecule has 0 bridgehead atoms. The lowest BCUT2D eigenvalue weighted by Gasteiger charge is -2.12. The number of rotatable bonds is 3. The Kier molecular flexibility index (Phi) is 4.96. The van der Waals surface area contributed by atoms with Crippen LogP contribution in [0.3, 0.4) is 0 Å². The minimum absolute atomic E-state index is 1.09. The molecule has 0 spiro atoms. The largest absolute Gasteiger partial charge is 0.310 e. The zero-order valence-electron chi connectivity index (χ0n) is 20.9. The number of fused-ring (bicyclic) bond motifs is 9. The topological polar surface area (TPSA) is 4.93 Å². The van der Waals surface area contributed by atoms with E-state index in [0.29, 0.717) is 0 Å². The van der Waals surface area contributed by atoms with Crippen LogP contribution >= 0.6 is 11.8 Å². The van der Waals surface area contributed by atoms with E-state index in [9.17, 15) is 0 Å². The first kappa shape index (κ1) is 21.8. The van der Waals surface area contributed by atoms with Gasteiger partial charge in [0.25, 0.3) is 0 Å². The van der Waals surface area contributed by atoms with Gasteiger partial charge in [-0.2, -0.15) is 0 Å². The fourth-order valence-electron chi connectivity index (χ4n) is 6.22. The summed E-state index contributed by atoms with van der Waals surface area (Å²) < 4.78 is 2.42. The lowest BCUT2D eigenvalue weighted by Crippen LogP contribution is -1.99. The zero-order chi connectivity index (χ0) is 25.1. The van der Waals surface area contributed by atoms with Gasteiger partial charge in [0, 0.05) is 26.6 Å². The molecule has 0 atom stereocenters. The SMILES string of the molecule is C1=Cc2c(c3cc(Sc4ccc5c6ccccc6c6ccccc6c5c4)ccc3n2-c2ccccc2)CC1. The molecule has 6 aromatic carbocycles. The summed E-state index contributed by atoms with van der Waals surface area (Å²) in [6.07, 6.45) is 6.80. The predicted molar refractivity (Wildman–Crippen MR) is 164 cm³/mol. The molecule has 38 heavy (non-hydrogen) atoms. The van der Waals surface area contributed by atoms with Gasteiger partial charge in [0.2, 0.25) is 0 Å². The van der Waals surface area contributed by atoms with E-state index < -0.39 is 0 Å². The van der Waals surface area contributed by atoms with Gasteiger partial charge in [0.05, 0.1) is 5.52 Å². The molecular weight excluding hydrogens is 478 g/mol. The van der Waals surface area contributed by atoms with Crippen LogP contribution in [0.2, 0.25) is 0 Å². The van der Waals surface area contributed by atoms with Crippen molar-refractivity contribution in [1.82, 2.24) is 4.57 Å². The van der Waals surface area contributed by atoms with Crippen molar-refractivity contribution in [3.63, 3.8) is 0 Å². The number of benzene rings is 6. The number of nitrogens with zero attached hydrogens (tertiary/aromatic N) is 1. The van der Waals surface area contributed by atoms with Crippen LogP contribution in [0.15, 0.2) is 131 Å². The van der Waals surface area contributed by atoms with E-state index in [0.717, 1.165) is 12.8 Å². The number of aromatic nitrogens is 1. The van der Waals surface area contributed by atoms with Crippen LogP contribution in [-0.2, 0) is 6.42 Å². The third kappa shape index (κ3) is 3.34. The van der Waals surface area contributed by atoms with Crippen molar-refractivity contribution in [2.45, 2.75) is 22.6 Å². The van der Waals surface area contributed by atoms with Crippen molar-refractivity contribution in [2.75, 3.05) is 0 Å². The van der Waals surface area contributed by atoms with Crippen molar-refractivity contribution in [1.29, 1.82) is 0 Å². The summed E-state index contributed by atoms with van der Waals surface area (Å²) in [5.74, 6) is 0. The third-order valence-corrected chi connectivity index (χ3v) is 8.87. The van der Waals surface area contributed by atoms with E-state index in [1.165, 1.54) is 70.0 Å². The Labute approximate surface area is 226 Å². The van der Waals surface area contributed by atoms with Crippen LogP contribution < -0.4 is 0 Å². The smallest absolute Gasteiger partial charge is 0.0538 e. The molecule has 1 aromatic heterocycles. The first-order valence-electron chi connectivity index (χ1n) is 13.3. The molecule has 2 heteroatoms. The Balaban J connectivity index is 1.27. The van der Waals surface area contributed by atoms with Gasteiger partial charge in [0.1, 0.15) is 0 Å². The highest BCUT2D eigenvalue weighted by Crippen LogP contribution is 2.40. The molecule has 1 nitrogen and oxygen atoms in total. The number of aryl methyl sites for hydroxylation is 1. The molecule has 0 radical (unpaired) electrons. The first-order valence-corrected chi connectivity index (χ1v) is 14.1. The monoisotopic (exact) mass is 503 g/mol. The zero-order valence-corrected chi connectivity index (χ0v) is 21.7. The molecule has 0 saturated carbocycles. The summed E-state index contributed by atoms with van der Waals surface area (Å²) in [5, 5.41) is 9.30. The Morgan fingerprint density at radius 1 is 0.526 bits per heavy atom. The maximum absolute atomic E-state index is 2.42. The van der Waals surface area contributed by atoms with Gasteiger partial charge < -0.3 is 4.57 Å². The standard InChI is InChI=1S/C36H25NS/c1-2-10-24(11-3-1)37-35-17-9-8-16-32(35)34-23-26(19-21-36(34)37)38-25-18-20-31-29-14-5-4-12-27(29)28-13-6-7-15-30(28)33(31)22-25/h1-7,9-15,17-23H,8,16H2. The Bertz CT molecular complexity index is 2010. The van der Waals surface area contributed by atoms with Crippen molar-refractivity contribution >= 4 is 61.1 Å². The molecule has 0 aliphatic heterocycles.